The number of methoxy groups -OCH3 is 1. The van der Waals surface area contributed by atoms with Crippen LogP contribution in [-0.4, -0.2) is 49.0 Å². The zero-order valence-electron chi connectivity index (χ0n) is 22.7. The number of urea groups is 1. The van der Waals surface area contributed by atoms with E-state index in [0.717, 1.165) is 5.56 Å². The van der Waals surface area contributed by atoms with Crippen molar-refractivity contribution in [3.63, 3.8) is 0 Å². The summed E-state index contributed by atoms with van der Waals surface area (Å²) in [6, 6.07) is 23.2. The minimum Gasteiger partial charge on any atom is -0.468 e. The first-order chi connectivity index (χ1) is 20.4. The Morgan fingerprint density at radius 3 is 2.21 bits per heavy atom. The van der Waals surface area contributed by atoms with Crippen LogP contribution in [-0.2, 0) is 27.4 Å². The maximum Gasteiger partial charge on any atom is 0.325 e. The number of thiazole rings is 1. The van der Waals surface area contributed by atoms with Gasteiger partial charge in [-0.15, -0.1) is 11.3 Å². The summed E-state index contributed by atoms with van der Waals surface area (Å²) in [7, 11) is 1.31. The van der Waals surface area contributed by atoms with Gasteiger partial charge in [0.1, 0.15) is 13.1 Å². The molecule has 11 nitrogen and oxygen atoms in total. The average molecular weight is 585 g/mol. The standard InChI is InChI=1S/C30H28N6O5S/c1-41-27(38)18-35-23-12-6-5-11-22(23)28(39)36(25-14-8-7-13-24(25)35)17-26(37)31-16-21-19-42-30(33-21)34-29(40)32-15-20-9-3-2-4-10-20/h2-14,19H,15-18H2,1H3,(H,31,37)(H2,32,33,34,40). The molecule has 0 radical (unpaired) electrons. The first-order valence-corrected chi connectivity index (χ1v) is 13.9. The van der Waals surface area contributed by atoms with Gasteiger partial charge in [0.25, 0.3) is 5.91 Å². The second-order valence-corrected chi connectivity index (χ2v) is 10.1. The van der Waals surface area contributed by atoms with Crippen LogP contribution in [0.15, 0.2) is 84.2 Å². The van der Waals surface area contributed by atoms with Crippen LogP contribution in [0.2, 0.25) is 0 Å². The molecule has 5 rings (SSSR count). The van der Waals surface area contributed by atoms with Crippen LogP contribution in [0.4, 0.5) is 27.0 Å². The number of hydrogen-bond acceptors (Lipinski definition) is 8. The average Bonchev–Trinajstić information content (AvgIpc) is 3.44. The first kappa shape index (κ1) is 28.3. The largest absolute Gasteiger partial charge is 0.468 e. The van der Waals surface area contributed by atoms with Gasteiger partial charge in [-0.25, -0.2) is 9.78 Å². The lowest BCUT2D eigenvalue weighted by Crippen LogP contribution is -2.40. The van der Waals surface area contributed by atoms with E-state index in [9.17, 15) is 19.2 Å². The molecule has 4 amide bonds. The Bertz CT molecular complexity index is 1610. The molecule has 4 aromatic rings. The topological polar surface area (TPSA) is 133 Å². The fourth-order valence-electron chi connectivity index (χ4n) is 4.47. The van der Waals surface area contributed by atoms with E-state index >= 15 is 0 Å². The number of carbonyl (C=O) groups excluding carboxylic acids is 4. The molecule has 0 unspecified atom stereocenters. The first-order valence-electron chi connectivity index (χ1n) is 13.1. The molecule has 1 aromatic heterocycles. The number of anilines is 4. The van der Waals surface area contributed by atoms with Crippen LogP contribution in [0.25, 0.3) is 0 Å². The van der Waals surface area contributed by atoms with Crippen LogP contribution in [0.5, 0.6) is 0 Å². The van der Waals surface area contributed by atoms with Gasteiger partial charge in [0.05, 0.1) is 42.0 Å². The molecule has 0 saturated heterocycles. The zero-order chi connectivity index (χ0) is 29.5. The number of nitrogens with one attached hydrogen (secondary N) is 3. The molecule has 1 aliphatic heterocycles. The molecule has 3 N–H and O–H groups in total. The number of rotatable bonds is 9. The molecule has 0 bridgehead atoms. The van der Waals surface area contributed by atoms with Crippen molar-refractivity contribution >= 4 is 57.3 Å². The van der Waals surface area contributed by atoms with Gasteiger partial charge in [0.2, 0.25) is 5.91 Å². The van der Waals surface area contributed by atoms with Crippen molar-refractivity contribution in [1.82, 2.24) is 15.6 Å². The van der Waals surface area contributed by atoms with E-state index in [1.807, 2.05) is 30.3 Å². The Kier molecular flexibility index (Phi) is 8.73. The van der Waals surface area contributed by atoms with Gasteiger partial charge >= 0.3 is 12.0 Å². The van der Waals surface area contributed by atoms with Gasteiger partial charge in [-0.3, -0.25) is 24.6 Å². The zero-order valence-corrected chi connectivity index (χ0v) is 23.5. The van der Waals surface area contributed by atoms with E-state index in [0.29, 0.717) is 40.0 Å². The van der Waals surface area contributed by atoms with Crippen LogP contribution in [0.3, 0.4) is 0 Å². The minimum absolute atomic E-state index is 0.109. The molecule has 0 atom stereocenters. The van der Waals surface area contributed by atoms with Crippen LogP contribution >= 0.6 is 11.3 Å². The summed E-state index contributed by atoms with van der Waals surface area (Å²) in [6.07, 6.45) is 0. The summed E-state index contributed by atoms with van der Waals surface area (Å²) >= 11 is 1.24. The molecule has 0 fully saturated rings. The van der Waals surface area contributed by atoms with E-state index < -0.39 is 11.9 Å². The highest BCUT2D eigenvalue weighted by molar-refractivity contribution is 7.13. The highest BCUT2D eigenvalue weighted by atomic mass is 32.1. The van der Waals surface area contributed by atoms with Gasteiger partial charge in [0.15, 0.2) is 5.13 Å². The fraction of sp³-hybridized carbons (Fsp3) is 0.167. The molecular formula is C30H28N6O5S. The second-order valence-electron chi connectivity index (χ2n) is 9.27. The highest BCUT2D eigenvalue weighted by Gasteiger charge is 2.32. The Hall–Kier alpha value is -5.23. The summed E-state index contributed by atoms with van der Waals surface area (Å²) in [4.78, 5) is 58.8. The lowest BCUT2D eigenvalue weighted by molar-refractivity contribution is -0.138. The van der Waals surface area contributed by atoms with Crippen molar-refractivity contribution in [1.29, 1.82) is 0 Å². The number of fused-ring (bicyclic) bond motifs is 2. The molecular weight excluding hydrogens is 556 g/mol. The Morgan fingerprint density at radius 1 is 0.810 bits per heavy atom. The summed E-state index contributed by atoms with van der Waals surface area (Å²) in [5.41, 5.74) is 3.50. The van der Waals surface area contributed by atoms with Crippen molar-refractivity contribution in [3.8, 4) is 0 Å². The molecule has 214 valence electrons. The smallest absolute Gasteiger partial charge is 0.325 e. The van der Waals surface area contributed by atoms with Crippen molar-refractivity contribution < 1.29 is 23.9 Å². The molecule has 2 heterocycles. The van der Waals surface area contributed by atoms with Gasteiger partial charge in [-0.1, -0.05) is 54.6 Å². The monoisotopic (exact) mass is 584 g/mol. The summed E-state index contributed by atoms with van der Waals surface area (Å²) in [5, 5.41) is 10.4. The second kappa shape index (κ2) is 13.0. The third kappa shape index (κ3) is 6.56. The molecule has 12 heteroatoms. The van der Waals surface area contributed by atoms with E-state index in [1.54, 1.807) is 58.8 Å². The number of carbonyl (C=O) groups is 4. The lowest BCUT2D eigenvalue weighted by atomic mass is 10.1. The Morgan fingerprint density at radius 2 is 1.48 bits per heavy atom. The summed E-state index contributed by atoms with van der Waals surface area (Å²) < 4.78 is 4.89. The minimum atomic E-state index is -0.468. The SMILES string of the molecule is COC(=O)CN1c2ccccc2C(=O)N(CC(=O)NCc2csc(NC(=O)NCc3ccccc3)n2)c2ccccc21. The van der Waals surface area contributed by atoms with Gasteiger partial charge in [0, 0.05) is 11.9 Å². The molecule has 0 aliphatic carbocycles. The number of para-hydroxylation sites is 3. The Labute approximate surface area is 246 Å². The summed E-state index contributed by atoms with van der Waals surface area (Å²) in [6.45, 7) is 0.122. The van der Waals surface area contributed by atoms with Crippen LogP contribution in [0.1, 0.15) is 21.6 Å². The number of nitrogens with zero attached hydrogens (tertiary/aromatic N) is 3. The predicted molar refractivity (Wildman–Crippen MR) is 160 cm³/mol. The quantitative estimate of drug-likeness (QED) is 0.253. The maximum absolute atomic E-state index is 13.7. The van der Waals surface area contributed by atoms with E-state index in [1.165, 1.54) is 23.3 Å². The fourth-order valence-corrected chi connectivity index (χ4v) is 5.18. The molecule has 0 saturated carbocycles. The number of amides is 4. The van der Waals surface area contributed by atoms with Crippen LogP contribution < -0.4 is 25.8 Å². The lowest BCUT2D eigenvalue weighted by Gasteiger charge is -2.26. The van der Waals surface area contributed by atoms with Crippen molar-refractivity contribution in [3.05, 3.63) is 101 Å². The maximum atomic E-state index is 13.7. The number of hydrogen-bond donors (Lipinski definition) is 3. The Balaban J connectivity index is 1.24. The van der Waals surface area contributed by atoms with Crippen molar-refractivity contribution in [2.45, 2.75) is 13.1 Å². The third-order valence-corrected chi connectivity index (χ3v) is 7.29. The number of esters is 1. The molecule has 1 aliphatic rings. The van der Waals surface area contributed by atoms with E-state index in [2.05, 4.69) is 20.9 Å². The normalized spacial score (nSPS) is 12.1. The molecule has 42 heavy (non-hydrogen) atoms. The van der Waals surface area contributed by atoms with E-state index in [4.69, 9.17) is 4.74 Å². The number of ether oxygens (including phenoxy) is 1. The predicted octanol–water partition coefficient (Wildman–Crippen LogP) is 4.05. The van der Waals surface area contributed by atoms with E-state index in [-0.39, 0.29) is 31.6 Å². The van der Waals surface area contributed by atoms with Crippen molar-refractivity contribution in [2.75, 3.05) is 35.3 Å². The highest BCUT2D eigenvalue weighted by Crippen LogP contribution is 2.40. The third-order valence-electron chi connectivity index (χ3n) is 6.49. The molecule has 0 spiro atoms. The molecule has 3 aromatic carbocycles. The van der Waals surface area contributed by atoms with Gasteiger partial charge in [-0.05, 0) is 29.8 Å². The number of aromatic nitrogens is 1. The number of benzene rings is 3. The van der Waals surface area contributed by atoms with Gasteiger partial charge < -0.3 is 20.3 Å². The van der Waals surface area contributed by atoms with Gasteiger partial charge in [-0.2, -0.15) is 0 Å². The van der Waals surface area contributed by atoms with Crippen LogP contribution in [0, 0.1) is 0 Å². The summed E-state index contributed by atoms with van der Waals surface area (Å²) in [5.74, 6) is -1.24. The van der Waals surface area contributed by atoms with Crippen molar-refractivity contribution in [2.24, 2.45) is 0 Å².